The molecule has 1 heterocycles. The lowest BCUT2D eigenvalue weighted by atomic mass is 9.65. The van der Waals surface area contributed by atoms with Crippen molar-refractivity contribution in [1.29, 1.82) is 0 Å². The van der Waals surface area contributed by atoms with Gasteiger partial charge in [0, 0.05) is 18.3 Å². The Labute approximate surface area is 207 Å². The predicted octanol–water partition coefficient (Wildman–Crippen LogP) is 4.69. The number of rotatable bonds is 6. The van der Waals surface area contributed by atoms with Crippen molar-refractivity contribution in [2.24, 2.45) is 10.8 Å². The van der Waals surface area contributed by atoms with E-state index in [0.717, 1.165) is 30.4 Å². The predicted molar refractivity (Wildman–Crippen MR) is 135 cm³/mol. The van der Waals surface area contributed by atoms with Gasteiger partial charge in [-0.1, -0.05) is 45.0 Å². The van der Waals surface area contributed by atoms with Gasteiger partial charge in [-0.2, -0.15) is 4.31 Å². The SMILES string of the molecule is Cc1cccc(C)c1NC(=O)COC(=O)c1cccc(S(=O)(=O)N2C[C@]3(C)C[C@H]2CC(C)(C)C3)c1. The van der Waals surface area contributed by atoms with E-state index in [2.05, 4.69) is 26.1 Å². The number of hydrogen-bond donors (Lipinski definition) is 1. The highest BCUT2D eigenvalue weighted by Gasteiger charge is 2.53. The smallest absolute Gasteiger partial charge is 0.338 e. The first-order valence-electron chi connectivity index (χ1n) is 11.9. The quantitative estimate of drug-likeness (QED) is 0.584. The number of carbonyl (C=O) groups is 2. The van der Waals surface area contributed by atoms with Crippen molar-refractivity contribution in [2.75, 3.05) is 18.5 Å². The van der Waals surface area contributed by atoms with Gasteiger partial charge in [0.15, 0.2) is 6.61 Å². The van der Waals surface area contributed by atoms with Gasteiger partial charge < -0.3 is 10.1 Å². The van der Waals surface area contributed by atoms with Crippen molar-refractivity contribution in [2.45, 2.75) is 64.8 Å². The third kappa shape index (κ3) is 5.28. The van der Waals surface area contributed by atoms with Gasteiger partial charge in [-0.3, -0.25) is 4.79 Å². The average Bonchev–Trinajstić information content (AvgIpc) is 3.04. The number of benzene rings is 2. The summed E-state index contributed by atoms with van der Waals surface area (Å²) in [5, 5.41) is 2.77. The zero-order valence-electron chi connectivity index (χ0n) is 21.1. The van der Waals surface area contributed by atoms with Gasteiger partial charge >= 0.3 is 5.97 Å². The van der Waals surface area contributed by atoms with Crippen LogP contribution in [0.4, 0.5) is 5.69 Å². The van der Waals surface area contributed by atoms with E-state index in [1.165, 1.54) is 24.3 Å². The Morgan fingerprint density at radius 2 is 1.71 bits per heavy atom. The maximum atomic E-state index is 13.5. The number of nitrogens with zero attached hydrogens (tertiary/aromatic N) is 1. The van der Waals surface area contributed by atoms with Crippen LogP contribution in [0.15, 0.2) is 47.4 Å². The highest BCUT2D eigenvalue weighted by Crippen LogP contribution is 2.53. The van der Waals surface area contributed by atoms with Gasteiger partial charge in [0.25, 0.3) is 5.91 Å². The first-order valence-corrected chi connectivity index (χ1v) is 13.4. The minimum absolute atomic E-state index is 0.0428. The number of anilines is 1. The summed E-state index contributed by atoms with van der Waals surface area (Å²) < 4.78 is 33.9. The lowest BCUT2D eigenvalue weighted by molar-refractivity contribution is -0.119. The highest BCUT2D eigenvalue weighted by molar-refractivity contribution is 7.89. The molecule has 2 atom stereocenters. The lowest BCUT2D eigenvalue weighted by Gasteiger charge is -2.39. The summed E-state index contributed by atoms with van der Waals surface area (Å²) in [7, 11) is -3.77. The van der Waals surface area contributed by atoms with E-state index in [0.29, 0.717) is 12.2 Å². The number of amides is 1. The molecule has 1 N–H and O–H groups in total. The number of aryl methyl sites for hydroxylation is 2. The van der Waals surface area contributed by atoms with Crippen molar-refractivity contribution in [1.82, 2.24) is 4.31 Å². The molecule has 1 saturated carbocycles. The number of fused-ring (bicyclic) bond motifs is 2. The maximum absolute atomic E-state index is 13.5. The normalized spacial score (nSPS) is 23.6. The fourth-order valence-corrected chi connectivity index (χ4v) is 7.83. The maximum Gasteiger partial charge on any atom is 0.338 e. The van der Waals surface area contributed by atoms with Crippen LogP contribution >= 0.6 is 0 Å². The fraction of sp³-hybridized carbons (Fsp3) is 0.481. The van der Waals surface area contributed by atoms with Crippen LogP contribution in [-0.2, 0) is 19.6 Å². The van der Waals surface area contributed by atoms with E-state index >= 15 is 0 Å². The third-order valence-corrected chi connectivity index (χ3v) is 9.02. The average molecular weight is 499 g/mol. The fourth-order valence-electron chi connectivity index (χ4n) is 6.01. The summed E-state index contributed by atoms with van der Waals surface area (Å²) in [6.45, 7) is 10.3. The zero-order valence-corrected chi connectivity index (χ0v) is 21.9. The Balaban J connectivity index is 1.45. The minimum Gasteiger partial charge on any atom is -0.452 e. The number of para-hydroxylation sites is 1. The van der Waals surface area contributed by atoms with Gasteiger partial charge in [-0.25, -0.2) is 13.2 Å². The zero-order chi connectivity index (χ0) is 25.6. The monoisotopic (exact) mass is 498 g/mol. The molecule has 1 amide bonds. The molecule has 1 saturated heterocycles. The number of sulfonamides is 1. The number of nitrogens with one attached hydrogen (secondary N) is 1. The van der Waals surface area contributed by atoms with Crippen LogP contribution in [0.3, 0.4) is 0 Å². The standard InChI is InChI=1S/C27H34N2O5S/c1-18-8-6-9-19(2)24(18)28-23(30)15-34-25(31)20-10-7-11-22(12-20)35(32,33)29-17-27(5)14-21(29)13-26(3,4)16-27/h6-12,21H,13-17H2,1-5H3,(H,28,30)/t21-,27-/m1/s1. The number of ether oxygens (including phenoxy) is 1. The van der Waals surface area contributed by atoms with E-state index in [9.17, 15) is 18.0 Å². The van der Waals surface area contributed by atoms with Crippen LogP contribution in [-0.4, -0.2) is 43.8 Å². The van der Waals surface area contributed by atoms with Gasteiger partial charge in [-0.15, -0.1) is 0 Å². The second-order valence-electron chi connectivity index (χ2n) is 11.2. The minimum atomic E-state index is -3.77. The molecule has 2 aliphatic rings. The van der Waals surface area contributed by atoms with E-state index in [4.69, 9.17) is 4.74 Å². The molecule has 2 fully saturated rings. The summed E-state index contributed by atoms with van der Waals surface area (Å²) in [4.78, 5) is 25.1. The van der Waals surface area contributed by atoms with Crippen LogP contribution in [0.25, 0.3) is 0 Å². The molecule has 188 valence electrons. The molecule has 2 bridgehead atoms. The Morgan fingerprint density at radius 1 is 1.06 bits per heavy atom. The molecule has 8 heteroatoms. The second kappa shape index (κ2) is 9.06. The number of carbonyl (C=O) groups excluding carboxylic acids is 2. The van der Waals surface area contributed by atoms with Crippen LogP contribution < -0.4 is 5.32 Å². The molecule has 35 heavy (non-hydrogen) atoms. The van der Waals surface area contributed by atoms with Crippen molar-refractivity contribution >= 4 is 27.6 Å². The molecular weight excluding hydrogens is 464 g/mol. The van der Waals surface area contributed by atoms with Crippen LogP contribution in [0, 0.1) is 24.7 Å². The Kier molecular flexibility index (Phi) is 6.57. The molecule has 0 unspecified atom stereocenters. The summed E-state index contributed by atoms with van der Waals surface area (Å²) in [5.74, 6) is -1.20. The summed E-state index contributed by atoms with van der Waals surface area (Å²) in [6, 6.07) is 11.5. The first-order chi connectivity index (χ1) is 16.3. The molecule has 1 aliphatic carbocycles. The van der Waals surface area contributed by atoms with Crippen LogP contribution in [0.1, 0.15) is 61.5 Å². The molecule has 0 spiro atoms. The van der Waals surface area contributed by atoms with E-state index in [1.54, 1.807) is 4.31 Å². The molecule has 2 aromatic carbocycles. The highest BCUT2D eigenvalue weighted by atomic mass is 32.2. The van der Waals surface area contributed by atoms with Crippen molar-refractivity contribution in [3.63, 3.8) is 0 Å². The van der Waals surface area contributed by atoms with Gasteiger partial charge in [-0.05, 0) is 73.3 Å². The molecule has 0 radical (unpaired) electrons. The van der Waals surface area contributed by atoms with Crippen molar-refractivity contribution < 1.29 is 22.7 Å². The summed E-state index contributed by atoms with van der Waals surface area (Å²) in [6.07, 6.45) is 2.66. The van der Waals surface area contributed by atoms with Crippen LogP contribution in [0.5, 0.6) is 0 Å². The molecule has 2 aromatic rings. The molecule has 7 nitrogen and oxygen atoms in total. The van der Waals surface area contributed by atoms with E-state index < -0.39 is 28.5 Å². The largest absolute Gasteiger partial charge is 0.452 e. The Hall–Kier alpha value is -2.71. The van der Waals surface area contributed by atoms with Crippen molar-refractivity contribution in [3.8, 4) is 0 Å². The second-order valence-corrected chi connectivity index (χ2v) is 13.1. The van der Waals surface area contributed by atoms with Crippen molar-refractivity contribution in [3.05, 3.63) is 59.2 Å². The number of hydrogen-bond acceptors (Lipinski definition) is 5. The molecule has 1 aliphatic heterocycles. The lowest BCUT2D eigenvalue weighted by Crippen LogP contribution is -2.37. The Bertz CT molecular complexity index is 1250. The summed E-state index contributed by atoms with van der Waals surface area (Å²) >= 11 is 0. The topological polar surface area (TPSA) is 92.8 Å². The van der Waals surface area contributed by atoms with Crippen LogP contribution in [0.2, 0.25) is 0 Å². The van der Waals surface area contributed by atoms with Gasteiger partial charge in [0.05, 0.1) is 10.5 Å². The Morgan fingerprint density at radius 3 is 2.40 bits per heavy atom. The third-order valence-electron chi connectivity index (χ3n) is 7.12. The van der Waals surface area contributed by atoms with Gasteiger partial charge in [0.2, 0.25) is 10.0 Å². The van der Waals surface area contributed by atoms with E-state index in [-0.39, 0.29) is 27.3 Å². The molecular formula is C27H34N2O5S. The van der Waals surface area contributed by atoms with Gasteiger partial charge in [0.1, 0.15) is 0 Å². The van der Waals surface area contributed by atoms with E-state index in [1.807, 2.05) is 32.0 Å². The molecule has 4 rings (SSSR count). The first kappa shape index (κ1) is 25.4. The number of esters is 1. The summed E-state index contributed by atoms with van der Waals surface area (Å²) in [5.41, 5.74) is 2.65. The molecule has 0 aromatic heterocycles.